The van der Waals surface area contributed by atoms with Crippen LogP contribution < -0.4 is 0 Å². The number of aromatic amines is 1. The van der Waals surface area contributed by atoms with E-state index in [1.807, 2.05) is 0 Å². The van der Waals surface area contributed by atoms with Gasteiger partial charge in [-0.1, -0.05) is 6.07 Å². The number of aromatic nitrogens is 1. The Morgan fingerprint density at radius 1 is 1.27 bits per heavy atom. The van der Waals surface area contributed by atoms with Gasteiger partial charge in [0.1, 0.15) is 0 Å². The van der Waals surface area contributed by atoms with Crippen molar-refractivity contribution >= 4 is 17.2 Å². The van der Waals surface area contributed by atoms with Gasteiger partial charge in [-0.15, -0.1) is 0 Å². The van der Waals surface area contributed by atoms with Crippen LogP contribution in [0.25, 0.3) is 10.9 Å². The highest BCUT2D eigenvalue weighted by Gasteiger charge is 2.30. The molecule has 0 spiro atoms. The van der Waals surface area contributed by atoms with Gasteiger partial charge in [0, 0.05) is 22.7 Å². The molecule has 0 fully saturated rings. The molecule has 0 saturated heterocycles. The van der Waals surface area contributed by atoms with Crippen molar-refractivity contribution in [2.24, 2.45) is 0 Å². The van der Waals surface area contributed by atoms with E-state index >= 15 is 0 Å². The zero-order valence-electron chi connectivity index (χ0n) is 7.43. The lowest BCUT2D eigenvalue weighted by molar-refractivity contribution is -0.137. The molecule has 1 N–H and O–H groups in total. The van der Waals surface area contributed by atoms with Crippen molar-refractivity contribution in [2.45, 2.75) is 6.18 Å². The first-order chi connectivity index (χ1) is 7.02. The van der Waals surface area contributed by atoms with Crippen LogP contribution in [0, 0.1) is 0 Å². The standard InChI is InChI=1S/C10H6F3NO/c11-10(12,13)7-1-2-8-6(5-15)4-14-9(8)3-7/h1-5,14H. The molecule has 0 aliphatic carbocycles. The fourth-order valence-corrected chi connectivity index (χ4v) is 1.42. The van der Waals surface area contributed by atoms with Crippen LogP contribution in [0.15, 0.2) is 24.4 Å². The molecule has 0 atom stereocenters. The summed E-state index contributed by atoms with van der Waals surface area (Å²) in [4.78, 5) is 13.1. The summed E-state index contributed by atoms with van der Waals surface area (Å²) in [5, 5.41) is 0.498. The second-order valence-corrected chi connectivity index (χ2v) is 3.12. The second kappa shape index (κ2) is 3.12. The molecule has 2 nitrogen and oxygen atoms in total. The number of H-pyrrole nitrogens is 1. The van der Waals surface area contributed by atoms with Crippen LogP contribution in [0.2, 0.25) is 0 Å². The summed E-state index contributed by atoms with van der Waals surface area (Å²) < 4.78 is 37.0. The van der Waals surface area contributed by atoms with Crippen LogP contribution in [0.3, 0.4) is 0 Å². The fraction of sp³-hybridized carbons (Fsp3) is 0.100. The van der Waals surface area contributed by atoms with Gasteiger partial charge in [0.25, 0.3) is 0 Å². The Balaban J connectivity index is 2.63. The molecule has 1 aromatic carbocycles. The number of alkyl halides is 3. The number of hydrogen-bond acceptors (Lipinski definition) is 1. The minimum absolute atomic E-state index is 0.312. The number of aldehydes is 1. The summed E-state index contributed by atoms with van der Waals surface area (Å²) in [6, 6.07) is 3.24. The van der Waals surface area contributed by atoms with Gasteiger partial charge in [-0.2, -0.15) is 13.2 Å². The second-order valence-electron chi connectivity index (χ2n) is 3.12. The SMILES string of the molecule is O=Cc1c[nH]c2cc(C(F)(F)F)ccc12. The number of nitrogens with one attached hydrogen (secondary N) is 1. The van der Waals surface area contributed by atoms with Gasteiger partial charge in [0.15, 0.2) is 6.29 Å². The van der Waals surface area contributed by atoms with Crippen molar-refractivity contribution in [1.29, 1.82) is 0 Å². The Bertz CT molecular complexity index is 513. The molecule has 0 amide bonds. The molecule has 2 rings (SSSR count). The summed E-state index contributed by atoms with van der Waals surface area (Å²) in [5.41, 5.74) is -0.0556. The van der Waals surface area contributed by atoms with Crippen LogP contribution in [-0.4, -0.2) is 11.3 Å². The topological polar surface area (TPSA) is 32.9 Å². The van der Waals surface area contributed by atoms with Gasteiger partial charge in [-0.3, -0.25) is 4.79 Å². The number of hydrogen-bond donors (Lipinski definition) is 1. The van der Waals surface area contributed by atoms with Crippen LogP contribution in [0.4, 0.5) is 13.2 Å². The molecule has 1 aromatic heterocycles. The lowest BCUT2D eigenvalue weighted by atomic mass is 10.1. The number of fused-ring (bicyclic) bond motifs is 1. The third-order valence-electron chi connectivity index (χ3n) is 2.17. The minimum Gasteiger partial charge on any atom is -0.360 e. The van der Waals surface area contributed by atoms with Crippen LogP contribution in [0.1, 0.15) is 15.9 Å². The van der Waals surface area contributed by atoms with E-state index < -0.39 is 11.7 Å². The summed E-state index contributed by atoms with van der Waals surface area (Å²) in [6.07, 6.45) is -2.37. The first-order valence-corrected chi connectivity index (χ1v) is 4.16. The molecule has 5 heteroatoms. The summed E-state index contributed by atoms with van der Waals surface area (Å²) in [7, 11) is 0. The minimum atomic E-state index is -4.36. The molecule has 78 valence electrons. The van der Waals surface area contributed by atoms with Crippen molar-refractivity contribution < 1.29 is 18.0 Å². The highest BCUT2D eigenvalue weighted by molar-refractivity contribution is 5.97. The monoisotopic (exact) mass is 213 g/mol. The maximum absolute atomic E-state index is 12.3. The summed E-state index contributed by atoms with van der Waals surface area (Å²) in [6.45, 7) is 0. The number of carbonyl (C=O) groups is 1. The maximum atomic E-state index is 12.3. The maximum Gasteiger partial charge on any atom is 0.416 e. The highest BCUT2D eigenvalue weighted by atomic mass is 19.4. The van der Waals surface area contributed by atoms with E-state index in [4.69, 9.17) is 0 Å². The normalized spacial score (nSPS) is 11.9. The number of carbonyl (C=O) groups excluding carboxylic acids is 1. The predicted octanol–water partition coefficient (Wildman–Crippen LogP) is 3.00. The molecule has 0 saturated carbocycles. The average molecular weight is 213 g/mol. The molecule has 15 heavy (non-hydrogen) atoms. The highest BCUT2D eigenvalue weighted by Crippen LogP contribution is 2.31. The fourth-order valence-electron chi connectivity index (χ4n) is 1.42. The van der Waals surface area contributed by atoms with Crippen molar-refractivity contribution in [1.82, 2.24) is 4.98 Å². The lowest BCUT2D eigenvalue weighted by Gasteiger charge is -2.05. The molecule has 0 bridgehead atoms. The molecule has 0 aliphatic heterocycles. The summed E-state index contributed by atoms with van der Waals surface area (Å²) >= 11 is 0. The van der Waals surface area contributed by atoms with Crippen molar-refractivity contribution in [3.63, 3.8) is 0 Å². The first kappa shape index (κ1) is 9.76. The molecule has 1 heterocycles. The number of rotatable bonds is 1. The Morgan fingerprint density at radius 2 is 2.00 bits per heavy atom. The van der Waals surface area contributed by atoms with E-state index in [9.17, 15) is 18.0 Å². The van der Waals surface area contributed by atoms with Gasteiger partial charge in [-0.25, -0.2) is 0 Å². The van der Waals surface area contributed by atoms with Crippen LogP contribution in [0.5, 0.6) is 0 Å². The molecule has 2 aromatic rings. The van der Waals surface area contributed by atoms with Gasteiger partial charge >= 0.3 is 6.18 Å². The van der Waals surface area contributed by atoms with Crippen molar-refractivity contribution in [2.75, 3.05) is 0 Å². The molecule has 0 unspecified atom stereocenters. The lowest BCUT2D eigenvalue weighted by Crippen LogP contribution is -2.04. The largest absolute Gasteiger partial charge is 0.416 e. The van der Waals surface area contributed by atoms with E-state index in [0.29, 0.717) is 22.8 Å². The Morgan fingerprint density at radius 3 is 2.60 bits per heavy atom. The van der Waals surface area contributed by atoms with E-state index in [-0.39, 0.29) is 0 Å². The quantitative estimate of drug-likeness (QED) is 0.725. The Labute approximate surface area is 82.7 Å². The third-order valence-corrected chi connectivity index (χ3v) is 2.17. The number of benzene rings is 1. The van der Waals surface area contributed by atoms with E-state index in [2.05, 4.69) is 4.98 Å². The van der Waals surface area contributed by atoms with Crippen LogP contribution in [-0.2, 0) is 6.18 Å². The van der Waals surface area contributed by atoms with Gasteiger partial charge < -0.3 is 4.98 Å². The smallest absolute Gasteiger partial charge is 0.360 e. The van der Waals surface area contributed by atoms with Crippen LogP contribution >= 0.6 is 0 Å². The third kappa shape index (κ3) is 1.60. The zero-order valence-corrected chi connectivity index (χ0v) is 7.43. The van der Waals surface area contributed by atoms with E-state index in [0.717, 1.165) is 12.1 Å². The summed E-state index contributed by atoms with van der Waals surface area (Å²) in [5.74, 6) is 0. The average Bonchev–Trinajstić information content (AvgIpc) is 2.58. The van der Waals surface area contributed by atoms with Gasteiger partial charge in [0.05, 0.1) is 5.56 Å². The zero-order chi connectivity index (χ0) is 11.1. The van der Waals surface area contributed by atoms with Crippen molar-refractivity contribution in [3.05, 3.63) is 35.5 Å². The van der Waals surface area contributed by atoms with Gasteiger partial charge in [-0.05, 0) is 12.1 Å². The first-order valence-electron chi connectivity index (χ1n) is 4.16. The predicted molar refractivity (Wildman–Crippen MR) is 48.7 cm³/mol. The Kier molecular flexibility index (Phi) is 2.03. The molecular formula is C10H6F3NO. The molecule has 0 aliphatic rings. The van der Waals surface area contributed by atoms with E-state index in [1.165, 1.54) is 12.3 Å². The van der Waals surface area contributed by atoms with Crippen molar-refractivity contribution in [3.8, 4) is 0 Å². The molecular weight excluding hydrogens is 207 g/mol. The van der Waals surface area contributed by atoms with E-state index in [1.54, 1.807) is 0 Å². The Hall–Kier alpha value is -1.78. The van der Waals surface area contributed by atoms with Gasteiger partial charge in [0.2, 0.25) is 0 Å². The number of halogens is 3. The molecule has 0 radical (unpaired) electrons.